The summed E-state index contributed by atoms with van der Waals surface area (Å²) in [6, 6.07) is 5.35. The Kier molecular flexibility index (Phi) is 3.46. The van der Waals surface area contributed by atoms with Crippen molar-refractivity contribution in [3.05, 3.63) is 28.2 Å². The van der Waals surface area contributed by atoms with Gasteiger partial charge in [0, 0.05) is 16.8 Å². The van der Waals surface area contributed by atoms with Crippen molar-refractivity contribution in [3.8, 4) is 0 Å². The SMILES string of the molecule is Nc1ccc(Br)cc1C(=O)NC1CCOC1. The molecule has 0 aliphatic carbocycles. The van der Waals surface area contributed by atoms with Crippen LogP contribution in [0.1, 0.15) is 16.8 Å². The number of nitrogens with two attached hydrogens (primary N) is 1. The minimum Gasteiger partial charge on any atom is -0.398 e. The van der Waals surface area contributed by atoms with Crippen LogP contribution in [0.25, 0.3) is 0 Å². The van der Waals surface area contributed by atoms with Gasteiger partial charge in [-0.3, -0.25) is 4.79 Å². The van der Waals surface area contributed by atoms with Crippen LogP contribution in [-0.2, 0) is 4.74 Å². The maximum absolute atomic E-state index is 11.9. The van der Waals surface area contributed by atoms with Crippen molar-refractivity contribution in [1.82, 2.24) is 5.32 Å². The van der Waals surface area contributed by atoms with Gasteiger partial charge in [-0.25, -0.2) is 0 Å². The van der Waals surface area contributed by atoms with Crippen LogP contribution in [0.2, 0.25) is 0 Å². The van der Waals surface area contributed by atoms with E-state index in [1.54, 1.807) is 12.1 Å². The van der Waals surface area contributed by atoms with E-state index in [9.17, 15) is 4.79 Å². The quantitative estimate of drug-likeness (QED) is 0.810. The third kappa shape index (κ3) is 2.54. The molecule has 1 amide bonds. The molecule has 1 aliphatic heterocycles. The van der Waals surface area contributed by atoms with E-state index in [1.165, 1.54) is 0 Å². The Morgan fingerprint density at radius 3 is 3.06 bits per heavy atom. The van der Waals surface area contributed by atoms with E-state index in [4.69, 9.17) is 10.5 Å². The Labute approximate surface area is 102 Å². The van der Waals surface area contributed by atoms with Gasteiger partial charge in [-0.1, -0.05) is 15.9 Å². The van der Waals surface area contributed by atoms with Crippen molar-refractivity contribution in [2.75, 3.05) is 18.9 Å². The fourth-order valence-corrected chi connectivity index (χ4v) is 2.00. The lowest BCUT2D eigenvalue weighted by Crippen LogP contribution is -2.35. The van der Waals surface area contributed by atoms with Crippen molar-refractivity contribution >= 4 is 27.5 Å². The molecule has 0 aromatic heterocycles. The van der Waals surface area contributed by atoms with E-state index < -0.39 is 0 Å². The summed E-state index contributed by atoms with van der Waals surface area (Å²) in [6.45, 7) is 1.29. The van der Waals surface area contributed by atoms with Gasteiger partial charge in [-0.15, -0.1) is 0 Å². The highest BCUT2D eigenvalue weighted by Crippen LogP contribution is 2.18. The molecule has 2 rings (SSSR count). The molecule has 1 fully saturated rings. The Hall–Kier alpha value is -1.07. The molecule has 3 N–H and O–H groups in total. The van der Waals surface area contributed by atoms with E-state index in [-0.39, 0.29) is 11.9 Å². The summed E-state index contributed by atoms with van der Waals surface area (Å²) in [5.74, 6) is -0.144. The largest absolute Gasteiger partial charge is 0.398 e. The van der Waals surface area contributed by atoms with Crippen molar-refractivity contribution in [1.29, 1.82) is 0 Å². The number of carbonyl (C=O) groups excluding carboxylic acids is 1. The zero-order chi connectivity index (χ0) is 11.5. The highest BCUT2D eigenvalue weighted by Gasteiger charge is 2.19. The van der Waals surface area contributed by atoms with Gasteiger partial charge < -0.3 is 15.8 Å². The predicted molar refractivity (Wildman–Crippen MR) is 65.2 cm³/mol. The van der Waals surface area contributed by atoms with Gasteiger partial charge in [0.2, 0.25) is 0 Å². The second-order valence-corrected chi connectivity index (χ2v) is 4.68. The fraction of sp³-hybridized carbons (Fsp3) is 0.364. The number of amides is 1. The zero-order valence-electron chi connectivity index (χ0n) is 8.70. The topological polar surface area (TPSA) is 64.4 Å². The normalized spacial score (nSPS) is 19.7. The van der Waals surface area contributed by atoms with Crippen LogP contribution in [0.15, 0.2) is 22.7 Å². The summed E-state index contributed by atoms with van der Waals surface area (Å²) in [7, 11) is 0. The number of hydrogen-bond donors (Lipinski definition) is 2. The Morgan fingerprint density at radius 1 is 1.56 bits per heavy atom. The number of anilines is 1. The van der Waals surface area contributed by atoms with Crippen LogP contribution < -0.4 is 11.1 Å². The molecule has 0 spiro atoms. The van der Waals surface area contributed by atoms with E-state index in [1.807, 2.05) is 6.07 Å². The highest BCUT2D eigenvalue weighted by molar-refractivity contribution is 9.10. The van der Waals surface area contributed by atoms with Crippen LogP contribution in [0.4, 0.5) is 5.69 Å². The first-order chi connectivity index (χ1) is 7.66. The second kappa shape index (κ2) is 4.84. The number of carbonyl (C=O) groups is 1. The van der Waals surface area contributed by atoms with Crippen LogP contribution >= 0.6 is 15.9 Å². The van der Waals surface area contributed by atoms with Gasteiger partial charge in [0.25, 0.3) is 5.91 Å². The lowest BCUT2D eigenvalue weighted by molar-refractivity contribution is 0.0931. The van der Waals surface area contributed by atoms with Crippen LogP contribution in [0.3, 0.4) is 0 Å². The number of benzene rings is 1. The first-order valence-corrected chi connectivity index (χ1v) is 5.90. The van der Waals surface area contributed by atoms with E-state index in [0.717, 1.165) is 10.9 Å². The third-order valence-corrected chi connectivity index (χ3v) is 3.02. The standard InChI is InChI=1S/C11H13BrN2O2/c12-7-1-2-10(13)9(5-7)11(15)14-8-3-4-16-6-8/h1-2,5,8H,3-4,6,13H2,(H,14,15). The molecule has 0 bridgehead atoms. The number of halogens is 1. The summed E-state index contributed by atoms with van der Waals surface area (Å²) in [4.78, 5) is 11.9. The second-order valence-electron chi connectivity index (χ2n) is 3.77. The zero-order valence-corrected chi connectivity index (χ0v) is 10.3. The summed E-state index contributed by atoms with van der Waals surface area (Å²) < 4.78 is 6.03. The van der Waals surface area contributed by atoms with Gasteiger partial charge in [0.1, 0.15) is 0 Å². The Bertz CT molecular complexity index is 403. The van der Waals surface area contributed by atoms with Gasteiger partial charge >= 0.3 is 0 Å². The number of ether oxygens (including phenoxy) is 1. The Morgan fingerprint density at radius 2 is 2.38 bits per heavy atom. The first-order valence-electron chi connectivity index (χ1n) is 5.10. The molecule has 1 heterocycles. The smallest absolute Gasteiger partial charge is 0.253 e. The molecule has 0 radical (unpaired) electrons. The number of nitrogens with one attached hydrogen (secondary N) is 1. The van der Waals surface area contributed by atoms with Crippen LogP contribution in [0.5, 0.6) is 0 Å². The molecule has 1 aliphatic rings. The molecular formula is C11H13BrN2O2. The molecule has 5 heteroatoms. The molecule has 86 valence electrons. The minimum atomic E-state index is -0.144. The molecule has 1 atom stereocenters. The summed E-state index contributed by atoms with van der Waals surface area (Å²) >= 11 is 3.32. The molecule has 16 heavy (non-hydrogen) atoms. The molecule has 1 saturated heterocycles. The summed E-state index contributed by atoms with van der Waals surface area (Å²) in [5, 5.41) is 2.90. The fourth-order valence-electron chi connectivity index (χ4n) is 1.64. The maximum Gasteiger partial charge on any atom is 0.253 e. The van der Waals surface area contributed by atoms with Crippen molar-refractivity contribution in [2.45, 2.75) is 12.5 Å². The van der Waals surface area contributed by atoms with E-state index >= 15 is 0 Å². The van der Waals surface area contributed by atoms with E-state index in [0.29, 0.717) is 24.5 Å². The van der Waals surface area contributed by atoms with Gasteiger partial charge in [-0.2, -0.15) is 0 Å². The molecule has 0 saturated carbocycles. The van der Waals surface area contributed by atoms with Gasteiger partial charge in [-0.05, 0) is 24.6 Å². The number of nitrogen functional groups attached to an aromatic ring is 1. The van der Waals surface area contributed by atoms with Crippen molar-refractivity contribution in [3.63, 3.8) is 0 Å². The van der Waals surface area contributed by atoms with Gasteiger partial charge in [0.05, 0.1) is 18.2 Å². The average molecular weight is 285 g/mol. The molecular weight excluding hydrogens is 272 g/mol. The predicted octanol–water partition coefficient (Wildman–Crippen LogP) is 1.55. The Balaban J connectivity index is 2.10. The third-order valence-electron chi connectivity index (χ3n) is 2.52. The summed E-state index contributed by atoms with van der Waals surface area (Å²) in [5.41, 5.74) is 6.74. The first kappa shape index (κ1) is 11.4. The van der Waals surface area contributed by atoms with Crippen molar-refractivity contribution in [2.24, 2.45) is 0 Å². The van der Waals surface area contributed by atoms with Gasteiger partial charge in [0.15, 0.2) is 0 Å². The van der Waals surface area contributed by atoms with Crippen molar-refractivity contribution < 1.29 is 9.53 Å². The summed E-state index contributed by atoms with van der Waals surface area (Å²) in [6.07, 6.45) is 0.861. The highest BCUT2D eigenvalue weighted by atomic mass is 79.9. The molecule has 1 aromatic rings. The van der Waals surface area contributed by atoms with Crippen LogP contribution in [-0.4, -0.2) is 25.2 Å². The number of hydrogen-bond acceptors (Lipinski definition) is 3. The minimum absolute atomic E-state index is 0.103. The van der Waals surface area contributed by atoms with E-state index in [2.05, 4.69) is 21.2 Å². The lowest BCUT2D eigenvalue weighted by atomic mass is 10.1. The number of rotatable bonds is 2. The maximum atomic E-state index is 11.9. The lowest BCUT2D eigenvalue weighted by Gasteiger charge is -2.12. The van der Waals surface area contributed by atoms with Crippen LogP contribution in [0, 0.1) is 0 Å². The molecule has 1 aromatic carbocycles. The molecule has 4 nitrogen and oxygen atoms in total. The molecule has 1 unspecified atom stereocenters. The monoisotopic (exact) mass is 284 g/mol. The average Bonchev–Trinajstić information content (AvgIpc) is 2.74.